The zero-order chi connectivity index (χ0) is 17.8. The highest BCUT2D eigenvalue weighted by Crippen LogP contribution is 2.21. The summed E-state index contributed by atoms with van der Waals surface area (Å²) in [5.41, 5.74) is 3.25. The molecular weight excluding hydrogens is 324 g/mol. The van der Waals surface area contributed by atoms with Gasteiger partial charge in [0.05, 0.1) is 30.0 Å². The summed E-state index contributed by atoms with van der Waals surface area (Å²) in [6, 6.07) is 18.2. The summed E-state index contributed by atoms with van der Waals surface area (Å²) in [7, 11) is 0. The number of nitrogens with zero attached hydrogens (tertiary/aromatic N) is 1. The van der Waals surface area contributed by atoms with Gasteiger partial charge in [-0.15, -0.1) is 0 Å². The van der Waals surface area contributed by atoms with Crippen molar-refractivity contribution in [3.8, 4) is 0 Å². The number of likely N-dealkylation sites (tertiary alicyclic amines) is 1. The Bertz CT molecular complexity index is 841. The standard InChI is InChI=1S/C21H24N4O/c26-20(22-13-16-7-2-1-3-8-16)15-25-12-6-9-17(14-25)21-23-18-10-4-5-11-19(18)24-21/h1-5,7-8,10-11,17H,6,9,12-15H2,(H,22,26)(H,23,24)/p+1/t17-/m0/s1. The molecule has 1 saturated heterocycles. The van der Waals surface area contributed by atoms with Crippen molar-refractivity contribution in [2.24, 2.45) is 0 Å². The predicted octanol–water partition coefficient (Wildman–Crippen LogP) is 1.64. The van der Waals surface area contributed by atoms with Crippen molar-refractivity contribution in [2.75, 3.05) is 19.6 Å². The smallest absolute Gasteiger partial charge is 0.275 e. The second kappa shape index (κ2) is 7.70. The second-order valence-corrected chi connectivity index (χ2v) is 7.12. The topological polar surface area (TPSA) is 62.2 Å². The van der Waals surface area contributed by atoms with Crippen molar-refractivity contribution in [3.05, 3.63) is 66.0 Å². The van der Waals surface area contributed by atoms with E-state index in [1.165, 1.54) is 4.90 Å². The molecule has 1 fully saturated rings. The number of fused-ring (bicyclic) bond motifs is 1. The van der Waals surface area contributed by atoms with Gasteiger partial charge in [-0.05, 0) is 30.5 Å². The number of quaternary nitrogens is 1. The van der Waals surface area contributed by atoms with Crippen LogP contribution in [-0.4, -0.2) is 35.5 Å². The van der Waals surface area contributed by atoms with Crippen LogP contribution < -0.4 is 10.2 Å². The maximum Gasteiger partial charge on any atom is 0.275 e. The van der Waals surface area contributed by atoms with E-state index in [2.05, 4.69) is 16.4 Å². The largest absolute Gasteiger partial charge is 0.347 e. The van der Waals surface area contributed by atoms with Crippen LogP contribution in [0, 0.1) is 0 Å². The summed E-state index contributed by atoms with van der Waals surface area (Å²) in [6.07, 6.45) is 2.26. The predicted molar refractivity (Wildman–Crippen MR) is 102 cm³/mol. The number of hydrogen-bond acceptors (Lipinski definition) is 2. The van der Waals surface area contributed by atoms with Gasteiger partial charge >= 0.3 is 0 Å². The summed E-state index contributed by atoms with van der Waals surface area (Å²) < 4.78 is 0. The number of nitrogens with one attached hydrogen (secondary N) is 3. The van der Waals surface area contributed by atoms with Crippen LogP contribution in [0.3, 0.4) is 0 Å². The van der Waals surface area contributed by atoms with Crippen LogP contribution in [0.15, 0.2) is 54.6 Å². The van der Waals surface area contributed by atoms with Gasteiger partial charge in [0.1, 0.15) is 5.82 Å². The van der Waals surface area contributed by atoms with Gasteiger partial charge < -0.3 is 15.2 Å². The highest BCUT2D eigenvalue weighted by Gasteiger charge is 2.28. The number of carbonyl (C=O) groups excluding carboxylic acids is 1. The number of carbonyl (C=O) groups is 1. The number of imidazole rings is 1. The first-order valence-electron chi connectivity index (χ1n) is 9.37. The molecule has 1 amide bonds. The van der Waals surface area contributed by atoms with E-state index in [4.69, 9.17) is 4.98 Å². The van der Waals surface area contributed by atoms with E-state index in [1.807, 2.05) is 48.5 Å². The molecule has 0 radical (unpaired) electrons. The summed E-state index contributed by atoms with van der Waals surface area (Å²) in [6.45, 7) is 3.14. The summed E-state index contributed by atoms with van der Waals surface area (Å²) in [4.78, 5) is 21.9. The van der Waals surface area contributed by atoms with E-state index < -0.39 is 0 Å². The molecule has 1 aliphatic heterocycles. The number of aromatic nitrogens is 2. The maximum atomic E-state index is 12.3. The molecule has 4 rings (SSSR count). The Kier molecular flexibility index (Phi) is 4.97. The molecule has 0 bridgehead atoms. The zero-order valence-electron chi connectivity index (χ0n) is 14.9. The van der Waals surface area contributed by atoms with Gasteiger partial charge in [-0.25, -0.2) is 4.98 Å². The van der Waals surface area contributed by atoms with Gasteiger partial charge in [0.15, 0.2) is 6.54 Å². The molecule has 3 aromatic rings. The minimum atomic E-state index is 0.120. The Morgan fingerprint density at radius 1 is 1.15 bits per heavy atom. The highest BCUT2D eigenvalue weighted by molar-refractivity contribution is 5.77. The molecule has 26 heavy (non-hydrogen) atoms. The zero-order valence-corrected chi connectivity index (χ0v) is 14.9. The van der Waals surface area contributed by atoms with Crippen LogP contribution >= 0.6 is 0 Å². The van der Waals surface area contributed by atoms with E-state index in [-0.39, 0.29) is 5.91 Å². The number of amides is 1. The monoisotopic (exact) mass is 349 g/mol. The molecule has 1 unspecified atom stereocenters. The van der Waals surface area contributed by atoms with E-state index in [1.54, 1.807) is 0 Å². The first-order chi connectivity index (χ1) is 12.8. The lowest BCUT2D eigenvalue weighted by Crippen LogP contribution is -3.14. The Hall–Kier alpha value is -2.66. The number of piperidine rings is 1. The lowest BCUT2D eigenvalue weighted by Gasteiger charge is -2.28. The minimum Gasteiger partial charge on any atom is -0.347 e. The van der Waals surface area contributed by atoms with Crippen molar-refractivity contribution in [2.45, 2.75) is 25.3 Å². The van der Waals surface area contributed by atoms with E-state index in [0.29, 0.717) is 19.0 Å². The van der Waals surface area contributed by atoms with Gasteiger partial charge in [0.25, 0.3) is 5.91 Å². The van der Waals surface area contributed by atoms with Gasteiger partial charge in [-0.2, -0.15) is 0 Å². The fourth-order valence-electron chi connectivity index (χ4n) is 3.80. The quantitative estimate of drug-likeness (QED) is 0.656. The average Bonchev–Trinajstić information content (AvgIpc) is 3.12. The van der Waals surface area contributed by atoms with E-state index in [0.717, 1.165) is 48.4 Å². The fraction of sp³-hybridized carbons (Fsp3) is 0.333. The van der Waals surface area contributed by atoms with Crippen LogP contribution in [0.1, 0.15) is 30.1 Å². The number of para-hydroxylation sites is 2. The minimum absolute atomic E-state index is 0.120. The molecule has 0 aliphatic carbocycles. The SMILES string of the molecule is O=C(C[NH+]1CCC[C@H](c2nc3ccccc3[nH]2)C1)NCc1ccccc1. The van der Waals surface area contributed by atoms with E-state index >= 15 is 0 Å². The van der Waals surface area contributed by atoms with Crippen molar-refractivity contribution < 1.29 is 9.69 Å². The highest BCUT2D eigenvalue weighted by atomic mass is 16.2. The molecule has 2 aromatic carbocycles. The van der Waals surface area contributed by atoms with Crippen molar-refractivity contribution in [1.29, 1.82) is 0 Å². The van der Waals surface area contributed by atoms with Gasteiger partial charge in [-0.1, -0.05) is 42.5 Å². The molecule has 134 valence electrons. The second-order valence-electron chi connectivity index (χ2n) is 7.12. The molecular formula is C21H25N4O+. The number of hydrogen-bond donors (Lipinski definition) is 3. The van der Waals surface area contributed by atoms with Crippen molar-refractivity contribution in [3.63, 3.8) is 0 Å². The number of aromatic amines is 1. The third kappa shape index (κ3) is 3.94. The van der Waals surface area contributed by atoms with Crippen molar-refractivity contribution in [1.82, 2.24) is 15.3 Å². The third-order valence-corrected chi connectivity index (χ3v) is 5.16. The Morgan fingerprint density at radius 2 is 1.96 bits per heavy atom. The van der Waals surface area contributed by atoms with Gasteiger partial charge in [0, 0.05) is 6.54 Å². The van der Waals surface area contributed by atoms with Gasteiger partial charge in [-0.3, -0.25) is 4.79 Å². The molecule has 1 aromatic heterocycles. The molecule has 1 aliphatic rings. The normalized spacial score (nSPS) is 20.2. The first kappa shape index (κ1) is 16.8. The van der Waals surface area contributed by atoms with Crippen LogP contribution in [0.4, 0.5) is 0 Å². The van der Waals surface area contributed by atoms with Crippen LogP contribution in [0.2, 0.25) is 0 Å². The molecule has 2 atom stereocenters. The van der Waals surface area contributed by atoms with Gasteiger partial charge in [0.2, 0.25) is 0 Å². The molecule has 0 saturated carbocycles. The average molecular weight is 349 g/mol. The molecule has 0 spiro atoms. The van der Waals surface area contributed by atoms with Crippen LogP contribution in [0.25, 0.3) is 11.0 Å². The summed E-state index contributed by atoms with van der Waals surface area (Å²) in [5.74, 6) is 1.58. The third-order valence-electron chi connectivity index (χ3n) is 5.16. The van der Waals surface area contributed by atoms with Crippen LogP contribution in [-0.2, 0) is 11.3 Å². The molecule has 5 heteroatoms. The molecule has 2 heterocycles. The lowest BCUT2D eigenvalue weighted by atomic mass is 9.97. The lowest BCUT2D eigenvalue weighted by molar-refractivity contribution is -0.898. The summed E-state index contributed by atoms with van der Waals surface area (Å²) in [5, 5.41) is 3.04. The fourth-order valence-corrected chi connectivity index (χ4v) is 3.80. The van der Waals surface area contributed by atoms with E-state index in [9.17, 15) is 4.79 Å². The van der Waals surface area contributed by atoms with Crippen LogP contribution in [0.5, 0.6) is 0 Å². The molecule has 5 nitrogen and oxygen atoms in total. The maximum absolute atomic E-state index is 12.3. The number of rotatable bonds is 5. The Balaban J connectivity index is 1.33. The Morgan fingerprint density at radius 3 is 2.81 bits per heavy atom. The number of H-pyrrole nitrogens is 1. The first-order valence-corrected chi connectivity index (χ1v) is 9.37. The number of benzene rings is 2. The summed E-state index contributed by atoms with van der Waals surface area (Å²) >= 11 is 0. The molecule has 3 N–H and O–H groups in total. The Labute approximate surface area is 153 Å². The van der Waals surface area contributed by atoms with Crippen molar-refractivity contribution >= 4 is 16.9 Å².